The molecule has 3 aliphatic carbocycles. The predicted octanol–water partition coefficient (Wildman–Crippen LogP) is 5.19. The number of rotatable bonds is 22. The van der Waals surface area contributed by atoms with Crippen molar-refractivity contribution in [3.05, 3.63) is 108 Å². The first-order valence-electron chi connectivity index (χ1n) is 30.9. The van der Waals surface area contributed by atoms with Crippen LogP contribution in [0.25, 0.3) is 0 Å². The molecule has 0 bridgehead atoms. The first-order chi connectivity index (χ1) is 44.0. The van der Waals surface area contributed by atoms with Crippen LogP contribution in [0.3, 0.4) is 0 Å². The molecule has 12 atom stereocenters. The lowest BCUT2D eigenvalue weighted by Crippen LogP contribution is -2.52. The highest BCUT2D eigenvalue weighted by Crippen LogP contribution is 2.30. The monoisotopic (exact) mass is 1410 g/mol. The van der Waals surface area contributed by atoms with Crippen molar-refractivity contribution in [1.29, 1.82) is 0 Å². The normalized spacial score (nSPS) is 17.0. The molecule has 99 heavy (non-hydrogen) atoms. The molecule has 3 fully saturated rings. The molecule has 3 radical (unpaired) electrons. The van der Waals surface area contributed by atoms with Crippen LogP contribution in [0, 0.1) is 17.8 Å². The van der Waals surface area contributed by atoms with Gasteiger partial charge in [-0.05, 0) is 93.7 Å². The Morgan fingerprint density at radius 3 is 0.869 bits per heavy atom. The van der Waals surface area contributed by atoms with E-state index in [1.807, 2.05) is 0 Å². The van der Waals surface area contributed by atoms with E-state index in [1.165, 1.54) is 27.2 Å². The molecule has 20 N–H and O–H groups in total. The molecule has 0 unspecified atom stereocenters. The lowest BCUT2D eigenvalue weighted by Gasteiger charge is -2.31. The molecule has 3 aromatic rings. The van der Waals surface area contributed by atoms with Gasteiger partial charge in [-0.3, -0.25) is 28.7 Å². The second kappa shape index (κ2) is 51.9. The molecule has 561 valence electrons. The predicted molar refractivity (Wildman–Crippen MR) is 368 cm³/mol. The van der Waals surface area contributed by atoms with Gasteiger partial charge in [0.2, 0.25) is 17.7 Å². The molecule has 0 spiro atoms. The van der Waals surface area contributed by atoms with Crippen molar-refractivity contribution in [2.75, 3.05) is 0 Å². The van der Waals surface area contributed by atoms with Crippen molar-refractivity contribution in [1.82, 2.24) is 21.3 Å². The minimum absolute atomic E-state index is 0. The van der Waals surface area contributed by atoms with E-state index in [4.69, 9.17) is 41.7 Å². The standard InChI is InChI=1S/C14H25NO5.C11H19NO4.2C11H13NO4.C9H17NO3.C9H11NO3.3CH4.B.FH/c1-14(2,3)20-13(19)15-10(12(17)18)11(16)9-7-5-4-6-8-9;3*1-7(13)12-9(11(15)16)10(14)8-5-3-2-4-6-8;2*10-7(9(12)13)8(11)6-4-2-1-3-5-6;;;;;/h9-11,16H,4-8H2,1-3H3,(H,15,19)(H,17,18);8-10,14H,2-6H2,1H3,(H,12,13)(H,15,16);2*2-6,9-10,14H,1H3,(H,12,13)(H,15,16);6-8,11H,1-5,10H2,(H,12,13);1-5,7-8,11H,10H2,(H,12,13);3*1H4;;1H/t10-,11-;3*9-,10-;2*7-,8-;;;;;/m111111...../s1. The van der Waals surface area contributed by atoms with E-state index in [0.29, 0.717) is 16.7 Å². The minimum Gasteiger partial charge on any atom is -0.480 e. The Morgan fingerprint density at radius 1 is 0.384 bits per heavy atom. The van der Waals surface area contributed by atoms with Crippen LogP contribution in [0.1, 0.15) is 195 Å². The van der Waals surface area contributed by atoms with Crippen LogP contribution >= 0.6 is 0 Å². The number of carboxylic acids is 6. The lowest BCUT2D eigenvalue weighted by molar-refractivity contribution is -0.146. The van der Waals surface area contributed by atoms with Gasteiger partial charge in [-0.1, -0.05) is 171 Å². The van der Waals surface area contributed by atoms with E-state index < -0.39 is 138 Å². The number of aliphatic hydroxyl groups excluding tert-OH is 6. The maximum atomic E-state index is 11.7. The molecule has 0 aliphatic heterocycles. The maximum absolute atomic E-state index is 11.7. The first kappa shape index (κ1) is 99.5. The number of aliphatic hydroxyl groups is 6. The first-order valence-corrected chi connectivity index (χ1v) is 30.9. The van der Waals surface area contributed by atoms with Gasteiger partial charge in [-0.25, -0.2) is 24.0 Å². The van der Waals surface area contributed by atoms with Crippen LogP contribution in [0.2, 0.25) is 0 Å². The second-order valence-electron chi connectivity index (χ2n) is 24.0. The third-order valence-corrected chi connectivity index (χ3v) is 15.2. The van der Waals surface area contributed by atoms with Crippen LogP contribution < -0.4 is 32.7 Å². The van der Waals surface area contributed by atoms with Crippen LogP contribution in [0.4, 0.5) is 9.50 Å². The van der Waals surface area contributed by atoms with Crippen molar-refractivity contribution in [3.63, 3.8) is 0 Å². The number of carbonyl (C=O) groups excluding carboxylic acids is 4. The highest BCUT2D eigenvalue weighted by Gasteiger charge is 2.37. The number of carbonyl (C=O) groups is 10. The number of nitrogens with one attached hydrogen (secondary N) is 4. The molecule has 0 heterocycles. The molecule has 0 saturated heterocycles. The third-order valence-electron chi connectivity index (χ3n) is 15.2. The zero-order chi connectivity index (χ0) is 71.4. The van der Waals surface area contributed by atoms with E-state index in [1.54, 1.807) is 112 Å². The van der Waals surface area contributed by atoms with Gasteiger partial charge in [0.05, 0.1) is 18.3 Å². The smallest absolute Gasteiger partial charge is 0.408 e. The third kappa shape index (κ3) is 39.3. The largest absolute Gasteiger partial charge is 0.480 e. The topological polar surface area (TPSA) is 523 Å². The molecule has 0 aromatic heterocycles. The summed E-state index contributed by atoms with van der Waals surface area (Å²) in [4.78, 5) is 109. The maximum Gasteiger partial charge on any atom is 0.408 e. The number of hydrogen-bond donors (Lipinski definition) is 18. The fourth-order valence-corrected chi connectivity index (χ4v) is 10.3. The Balaban J connectivity index is -0.000000355. The Labute approximate surface area is 581 Å². The van der Waals surface area contributed by atoms with Crippen LogP contribution in [-0.2, 0) is 47.9 Å². The number of aliphatic carboxylic acids is 6. The SMILES string of the molecule is C.C.C.CC(=O)N[C@@H](C(=O)O)[C@H](O)C1CCCCC1.CC(=O)N[C@@H](C(=O)O)[C@H](O)c1ccccc1.CC(=O)N[C@@H](C(=O)O)[C@H](O)c1ccccc1.CC(C)(C)OC(=O)N[C@@H](C(=O)O)[C@H](O)C1CCCCC1.F.N[C@@H](C(=O)O)[C@H](O)C1CCCCC1.N[C@@H](C(=O)O)[C@H](O)c1ccccc1.[B]. The molecular formula is C68H111BFN6O23. The summed E-state index contributed by atoms with van der Waals surface area (Å²) in [6.45, 7) is 8.74. The van der Waals surface area contributed by atoms with Gasteiger partial charge < -0.3 is 98.7 Å². The zero-order valence-corrected chi connectivity index (χ0v) is 54.9. The van der Waals surface area contributed by atoms with Gasteiger partial charge in [-0.15, -0.1) is 0 Å². The van der Waals surface area contributed by atoms with Gasteiger partial charge in [0.25, 0.3) is 0 Å². The van der Waals surface area contributed by atoms with Gasteiger partial charge in [0.15, 0.2) is 24.2 Å². The summed E-state index contributed by atoms with van der Waals surface area (Å²) < 4.78 is 5.03. The minimum atomic E-state index is -1.33. The van der Waals surface area contributed by atoms with Crippen molar-refractivity contribution >= 4 is 68.0 Å². The number of ether oxygens (including phenoxy) is 1. The summed E-state index contributed by atoms with van der Waals surface area (Å²) in [7, 11) is 0. The Morgan fingerprint density at radius 2 is 0.626 bits per heavy atom. The van der Waals surface area contributed by atoms with Crippen molar-refractivity contribution < 1.29 is 119 Å². The zero-order valence-electron chi connectivity index (χ0n) is 54.9. The molecule has 3 saturated carbocycles. The Bertz CT molecular complexity index is 2720. The molecule has 3 aliphatic rings. The van der Waals surface area contributed by atoms with E-state index >= 15 is 0 Å². The Hall–Kier alpha value is -8.17. The molecular weight excluding hydrogens is 1300 g/mol. The summed E-state index contributed by atoms with van der Waals surface area (Å²) in [5, 5.41) is 121. The van der Waals surface area contributed by atoms with E-state index in [-0.39, 0.29) is 53.2 Å². The van der Waals surface area contributed by atoms with Crippen molar-refractivity contribution in [2.45, 2.75) is 239 Å². The van der Waals surface area contributed by atoms with E-state index in [9.17, 15) is 83.7 Å². The summed E-state index contributed by atoms with van der Waals surface area (Å²) in [6, 6.07) is 17.6. The number of hydrogen-bond acceptors (Lipinski definition) is 19. The summed E-state index contributed by atoms with van der Waals surface area (Å²) >= 11 is 0. The van der Waals surface area contributed by atoms with Gasteiger partial charge in [-0.2, -0.15) is 0 Å². The number of benzene rings is 3. The highest BCUT2D eigenvalue weighted by atomic mass is 19.0. The van der Waals surface area contributed by atoms with Gasteiger partial charge >= 0.3 is 41.9 Å². The molecule has 6 rings (SSSR count). The second-order valence-corrected chi connectivity index (χ2v) is 24.0. The molecule has 29 nitrogen and oxygen atoms in total. The number of nitrogens with two attached hydrogens (primary N) is 2. The summed E-state index contributed by atoms with van der Waals surface area (Å²) in [5.74, 6) is -8.72. The van der Waals surface area contributed by atoms with Crippen LogP contribution in [0.15, 0.2) is 91.0 Å². The average Bonchev–Trinajstić information content (AvgIpc) is 0.918. The van der Waals surface area contributed by atoms with E-state index in [0.717, 1.165) is 89.9 Å². The number of carboxylic acid groups (broad SMARTS) is 6. The summed E-state index contributed by atoms with van der Waals surface area (Å²) in [5.41, 5.74) is 11.3. The van der Waals surface area contributed by atoms with E-state index in [2.05, 4.69) is 21.3 Å². The number of halogens is 1. The van der Waals surface area contributed by atoms with Gasteiger partial charge in [0, 0.05) is 29.2 Å². The van der Waals surface area contributed by atoms with Crippen LogP contribution in [-0.4, -0.2) is 189 Å². The quantitative estimate of drug-likeness (QED) is 0.0575. The fourth-order valence-electron chi connectivity index (χ4n) is 10.3. The molecule has 31 heteroatoms. The fraction of sp³-hybridized carbons (Fsp3) is 0.588. The van der Waals surface area contributed by atoms with Gasteiger partial charge in [0.1, 0.15) is 36.0 Å². The van der Waals surface area contributed by atoms with Crippen LogP contribution in [0.5, 0.6) is 0 Å². The highest BCUT2D eigenvalue weighted by molar-refractivity contribution is 5.84. The lowest BCUT2D eigenvalue weighted by atomic mass is 9.82. The molecule has 3 aromatic carbocycles. The number of amides is 4. The number of alkyl carbamates (subject to hydrolysis) is 1. The average molecular weight is 1410 g/mol. The Kier molecular flexibility index (Phi) is 52.2. The van der Waals surface area contributed by atoms with Crippen molar-refractivity contribution in [3.8, 4) is 0 Å². The van der Waals surface area contributed by atoms with Crippen molar-refractivity contribution in [2.24, 2.45) is 29.2 Å². The molecule has 4 amide bonds. The summed E-state index contributed by atoms with van der Waals surface area (Å²) in [6.07, 6.45) is 7.24.